The molecule has 3 rings (SSSR count). The summed E-state index contributed by atoms with van der Waals surface area (Å²) in [6.45, 7) is 0.808. The number of aliphatic hydroxyl groups excluding tert-OH is 1. The minimum absolute atomic E-state index is 0.157. The van der Waals surface area contributed by atoms with Crippen LogP contribution in [0.5, 0.6) is 0 Å². The van der Waals surface area contributed by atoms with Crippen LogP contribution in [0.4, 0.5) is 5.69 Å². The van der Waals surface area contributed by atoms with Crippen LogP contribution < -0.4 is 5.32 Å². The molecule has 1 heterocycles. The first kappa shape index (κ1) is 12.7. The van der Waals surface area contributed by atoms with Gasteiger partial charge in [-0.25, -0.2) is 0 Å². The van der Waals surface area contributed by atoms with Crippen molar-refractivity contribution < 1.29 is 5.11 Å². The van der Waals surface area contributed by atoms with Gasteiger partial charge in [-0.2, -0.15) is 0 Å². The molecule has 0 spiro atoms. The van der Waals surface area contributed by atoms with E-state index in [0.29, 0.717) is 10.9 Å². The first-order chi connectivity index (χ1) is 9.24. The van der Waals surface area contributed by atoms with Crippen molar-refractivity contribution in [3.05, 3.63) is 35.5 Å². The van der Waals surface area contributed by atoms with Gasteiger partial charge in [0.15, 0.2) is 0 Å². The monoisotopic (exact) mass is 276 g/mol. The molecule has 2 N–H and O–H groups in total. The highest BCUT2D eigenvalue weighted by Gasteiger charge is 2.24. The van der Waals surface area contributed by atoms with Gasteiger partial charge in [0.1, 0.15) is 0 Å². The fraction of sp³-hybridized carbons (Fsp3) is 0.400. The van der Waals surface area contributed by atoms with Crippen molar-refractivity contribution >= 4 is 28.2 Å². The highest BCUT2D eigenvalue weighted by molar-refractivity contribution is 6.31. The fourth-order valence-corrected chi connectivity index (χ4v) is 2.94. The van der Waals surface area contributed by atoms with Crippen LogP contribution in [0.25, 0.3) is 10.9 Å². The average Bonchev–Trinajstić information content (AvgIpc) is 2.81. The number of halogens is 1. The minimum Gasteiger partial charge on any atom is -0.393 e. The van der Waals surface area contributed by atoms with E-state index in [1.165, 1.54) is 0 Å². The maximum Gasteiger partial charge on any atom is 0.0737 e. The maximum atomic E-state index is 9.85. The summed E-state index contributed by atoms with van der Waals surface area (Å²) in [5.41, 5.74) is 1.95. The van der Waals surface area contributed by atoms with Gasteiger partial charge in [-0.1, -0.05) is 18.0 Å². The summed E-state index contributed by atoms with van der Waals surface area (Å²) in [5.74, 6) is 0.357. The third-order valence-corrected chi connectivity index (χ3v) is 4.11. The molecule has 1 aromatic heterocycles. The Hall–Kier alpha value is -1.32. The Labute approximate surface area is 117 Å². The Balaban J connectivity index is 1.81. The summed E-state index contributed by atoms with van der Waals surface area (Å²) < 4.78 is 0. The van der Waals surface area contributed by atoms with E-state index in [9.17, 15) is 5.11 Å². The van der Waals surface area contributed by atoms with Crippen LogP contribution in [0.15, 0.2) is 30.5 Å². The molecule has 0 amide bonds. The zero-order valence-electron chi connectivity index (χ0n) is 10.6. The first-order valence-corrected chi connectivity index (χ1v) is 7.08. The highest BCUT2D eigenvalue weighted by Crippen LogP contribution is 2.28. The molecular formula is C15H17ClN2O. The topological polar surface area (TPSA) is 45.1 Å². The van der Waals surface area contributed by atoms with Crippen molar-refractivity contribution in [1.82, 2.24) is 4.98 Å². The molecule has 1 aliphatic carbocycles. The standard InChI is InChI=1S/C15H17ClN2O/c16-11-4-5-12-13(6-7-17-14(12)8-11)18-9-10-2-1-3-15(10)19/h4-8,10,15,19H,1-3,9H2,(H,17,18). The molecule has 2 aromatic rings. The number of rotatable bonds is 3. The number of hydrogen-bond donors (Lipinski definition) is 2. The molecule has 19 heavy (non-hydrogen) atoms. The zero-order valence-corrected chi connectivity index (χ0v) is 11.4. The number of aromatic nitrogens is 1. The van der Waals surface area contributed by atoms with Crippen LogP contribution in [-0.4, -0.2) is 22.7 Å². The van der Waals surface area contributed by atoms with Crippen molar-refractivity contribution in [2.45, 2.75) is 25.4 Å². The fourth-order valence-electron chi connectivity index (χ4n) is 2.77. The molecule has 1 aliphatic rings. The quantitative estimate of drug-likeness (QED) is 0.902. The molecule has 3 nitrogen and oxygen atoms in total. The lowest BCUT2D eigenvalue weighted by Gasteiger charge is -2.17. The summed E-state index contributed by atoms with van der Waals surface area (Å²) >= 11 is 5.98. The molecule has 1 aromatic carbocycles. The number of hydrogen-bond acceptors (Lipinski definition) is 3. The smallest absolute Gasteiger partial charge is 0.0737 e. The van der Waals surface area contributed by atoms with E-state index < -0.39 is 0 Å². The van der Waals surface area contributed by atoms with Crippen LogP contribution in [0.1, 0.15) is 19.3 Å². The summed E-state index contributed by atoms with van der Waals surface area (Å²) in [4.78, 5) is 4.32. The predicted octanol–water partition coefficient (Wildman–Crippen LogP) is 3.46. The predicted molar refractivity (Wildman–Crippen MR) is 78.6 cm³/mol. The van der Waals surface area contributed by atoms with Gasteiger partial charge in [0.2, 0.25) is 0 Å². The van der Waals surface area contributed by atoms with Crippen LogP contribution >= 0.6 is 11.6 Å². The molecule has 4 heteroatoms. The molecule has 100 valence electrons. The number of anilines is 1. The molecular weight excluding hydrogens is 260 g/mol. The van der Waals surface area contributed by atoms with Crippen molar-refractivity contribution in [2.75, 3.05) is 11.9 Å². The lowest BCUT2D eigenvalue weighted by atomic mass is 10.1. The van der Waals surface area contributed by atoms with E-state index in [-0.39, 0.29) is 6.10 Å². The van der Waals surface area contributed by atoms with Gasteiger partial charge < -0.3 is 10.4 Å². The summed E-state index contributed by atoms with van der Waals surface area (Å²) in [6.07, 6.45) is 4.78. The van der Waals surface area contributed by atoms with Gasteiger partial charge in [-0.3, -0.25) is 4.98 Å². The normalized spacial score (nSPS) is 22.8. The van der Waals surface area contributed by atoms with Crippen molar-refractivity contribution in [3.8, 4) is 0 Å². The molecule has 2 atom stereocenters. The first-order valence-electron chi connectivity index (χ1n) is 6.70. The number of nitrogens with zero attached hydrogens (tertiary/aromatic N) is 1. The zero-order chi connectivity index (χ0) is 13.2. The SMILES string of the molecule is OC1CCCC1CNc1ccnc2cc(Cl)ccc12. The molecule has 1 saturated carbocycles. The van der Waals surface area contributed by atoms with E-state index in [4.69, 9.17) is 11.6 Å². The van der Waals surface area contributed by atoms with Crippen molar-refractivity contribution in [3.63, 3.8) is 0 Å². The maximum absolute atomic E-state index is 9.85. The lowest BCUT2D eigenvalue weighted by Crippen LogP contribution is -2.21. The van der Waals surface area contributed by atoms with E-state index >= 15 is 0 Å². The Kier molecular flexibility index (Phi) is 3.58. The van der Waals surface area contributed by atoms with Crippen LogP contribution in [-0.2, 0) is 0 Å². The second kappa shape index (κ2) is 5.35. The Morgan fingerprint density at radius 3 is 3.00 bits per heavy atom. The molecule has 1 fully saturated rings. The molecule has 0 saturated heterocycles. The van der Waals surface area contributed by atoms with Crippen LogP contribution in [0.3, 0.4) is 0 Å². The van der Waals surface area contributed by atoms with E-state index in [2.05, 4.69) is 10.3 Å². The summed E-state index contributed by atoms with van der Waals surface area (Å²) in [5, 5.41) is 15.0. The molecule has 0 radical (unpaired) electrons. The summed E-state index contributed by atoms with van der Waals surface area (Å²) in [6, 6.07) is 7.70. The van der Waals surface area contributed by atoms with Crippen molar-refractivity contribution in [2.24, 2.45) is 5.92 Å². The highest BCUT2D eigenvalue weighted by atomic mass is 35.5. The Morgan fingerprint density at radius 2 is 2.21 bits per heavy atom. The van der Waals surface area contributed by atoms with Crippen LogP contribution in [0.2, 0.25) is 5.02 Å². The number of pyridine rings is 1. The van der Waals surface area contributed by atoms with Crippen molar-refractivity contribution in [1.29, 1.82) is 0 Å². The minimum atomic E-state index is -0.157. The van der Waals surface area contributed by atoms with E-state index in [1.807, 2.05) is 24.3 Å². The van der Waals surface area contributed by atoms with Gasteiger partial charge >= 0.3 is 0 Å². The average molecular weight is 277 g/mol. The Bertz CT molecular complexity index is 587. The Morgan fingerprint density at radius 1 is 1.32 bits per heavy atom. The number of fused-ring (bicyclic) bond motifs is 1. The molecule has 0 aliphatic heterocycles. The van der Waals surface area contributed by atoms with Gasteiger partial charge in [0.05, 0.1) is 11.6 Å². The van der Waals surface area contributed by atoms with Gasteiger partial charge in [0, 0.05) is 34.8 Å². The van der Waals surface area contributed by atoms with E-state index in [1.54, 1.807) is 6.20 Å². The van der Waals surface area contributed by atoms with Gasteiger partial charge in [-0.15, -0.1) is 0 Å². The van der Waals surface area contributed by atoms with Gasteiger partial charge in [0.25, 0.3) is 0 Å². The summed E-state index contributed by atoms with van der Waals surface area (Å²) in [7, 11) is 0. The second-order valence-electron chi connectivity index (χ2n) is 5.16. The number of nitrogens with one attached hydrogen (secondary N) is 1. The molecule has 0 bridgehead atoms. The van der Waals surface area contributed by atoms with E-state index in [0.717, 1.165) is 42.4 Å². The molecule has 2 unspecified atom stereocenters. The van der Waals surface area contributed by atoms with Gasteiger partial charge in [-0.05, 0) is 37.1 Å². The second-order valence-corrected chi connectivity index (χ2v) is 5.60. The number of aliphatic hydroxyl groups is 1. The third kappa shape index (κ3) is 2.67. The van der Waals surface area contributed by atoms with Crippen LogP contribution in [0, 0.1) is 5.92 Å². The largest absolute Gasteiger partial charge is 0.393 e. The lowest BCUT2D eigenvalue weighted by molar-refractivity contribution is 0.138. The number of benzene rings is 1. The third-order valence-electron chi connectivity index (χ3n) is 3.88.